The van der Waals surface area contributed by atoms with Crippen molar-refractivity contribution in [3.05, 3.63) is 83.3 Å². The number of ether oxygens (including phenoxy) is 1. The van der Waals surface area contributed by atoms with E-state index < -0.39 is 17.9 Å². The average Bonchev–Trinajstić information content (AvgIpc) is 3.30. The Labute approximate surface area is 192 Å². The lowest BCUT2D eigenvalue weighted by Crippen LogP contribution is -2.41. The van der Waals surface area contributed by atoms with Crippen LogP contribution < -0.4 is 5.32 Å². The van der Waals surface area contributed by atoms with Crippen LogP contribution in [-0.2, 0) is 22.7 Å². The minimum atomic E-state index is -1.03. The number of carbonyl (C=O) groups excluding carboxylic acids is 1. The molecule has 3 rings (SSSR count). The number of carboxylic acids is 1. The van der Waals surface area contributed by atoms with Crippen molar-refractivity contribution in [1.82, 2.24) is 5.32 Å². The Morgan fingerprint density at radius 1 is 1.09 bits per heavy atom. The summed E-state index contributed by atoms with van der Waals surface area (Å²) in [5.74, 6) is -0.0499. The summed E-state index contributed by atoms with van der Waals surface area (Å²) >= 11 is 1.55. The number of aliphatic carboxylic acids is 1. The van der Waals surface area contributed by atoms with Crippen LogP contribution in [0.4, 0.5) is 0 Å². The first kappa shape index (κ1) is 23.6. The van der Waals surface area contributed by atoms with E-state index in [-0.39, 0.29) is 0 Å². The highest BCUT2D eigenvalue weighted by atomic mass is 32.2. The molecule has 0 unspecified atom stereocenters. The first-order chi connectivity index (χ1) is 15.5. The van der Waals surface area contributed by atoms with Crippen LogP contribution in [0.3, 0.4) is 0 Å². The summed E-state index contributed by atoms with van der Waals surface area (Å²) in [7, 11) is 0. The van der Waals surface area contributed by atoms with E-state index in [0.29, 0.717) is 31.0 Å². The molecule has 1 amide bonds. The molecule has 0 aliphatic heterocycles. The van der Waals surface area contributed by atoms with Crippen molar-refractivity contribution >= 4 is 23.6 Å². The summed E-state index contributed by atoms with van der Waals surface area (Å²) in [4.78, 5) is 24.7. The van der Waals surface area contributed by atoms with Gasteiger partial charge in [-0.3, -0.25) is 4.79 Å². The van der Waals surface area contributed by atoms with E-state index in [2.05, 4.69) is 5.32 Å². The van der Waals surface area contributed by atoms with E-state index in [9.17, 15) is 14.7 Å². The van der Waals surface area contributed by atoms with Crippen molar-refractivity contribution in [2.75, 3.05) is 12.0 Å². The number of aryl methyl sites for hydroxylation is 1. The van der Waals surface area contributed by atoms with Crippen LogP contribution in [0.25, 0.3) is 11.1 Å². The fourth-order valence-electron chi connectivity index (χ4n) is 3.37. The normalized spacial score (nSPS) is 11.8. The number of rotatable bonds is 11. The van der Waals surface area contributed by atoms with Gasteiger partial charge in [0.1, 0.15) is 18.4 Å². The predicted molar refractivity (Wildman–Crippen MR) is 126 cm³/mol. The van der Waals surface area contributed by atoms with Gasteiger partial charge in [0.25, 0.3) is 5.91 Å². The second-order valence-electron chi connectivity index (χ2n) is 7.41. The van der Waals surface area contributed by atoms with Gasteiger partial charge in [-0.2, -0.15) is 11.8 Å². The third kappa shape index (κ3) is 6.24. The van der Waals surface area contributed by atoms with Crippen molar-refractivity contribution in [3.63, 3.8) is 0 Å². The van der Waals surface area contributed by atoms with Gasteiger partial charge in [-0.05, 0) is 71.9 Å². The maximum Gasteiger partial charge on any atom is 0.326 e. The Bertz CT molecular complexity index is 1050. The van der Waals surface area contributed by atoms with E-state index in [0.717, 1.165) is 28.0 Å². The Balaban J connectivity index is 1.86. The van der Waals surface area contributed by atoms with Gasteiger partial charge >= 0.3 is 5.97 Å². The topological polar surface area (TPSA) is 88.8 Å². The number of thioether (sulfide) groups is 1. The molecule has 3 aromatic rings. The van der Waals surface area contributed by atoms with Gasteiger partial charge in [-0.1, -0.05) is 30.3 Å². The lowest BCUT2D eigenvalue weighted by Gasteiger charge is -2.17. The Hall–Kier alpha value is -3.03. The van der Waals surface area contributed by atoms with Crippen LogP contribution in [0.2, 0.25) is 0 Å². The third-order valence-electron chi connectivity index (χ3n) is 5.07. The lowest BCUT2D eigenvalue weighted by atomic mass is 9.93. The Morgan fingerprint density at radius 3 is 2.59 bits per heavy atom. The Kier molecular flexibility index (Phi) is 8.53. The first-order valence-corrected chi connectivity index (χ1v) is 11.7. The molecular formula is C25H27NO5S. The zero-order valence-electron chi connectivity index (χ0n) is 18.2. The van der Waals surface area contributed by atoms with Gasteiger partial charge in [-0.25, -0.2) is 4.79 Å². The van der Waals surface area contributed by atoms with Crippen LogP contribution in [0.15, 0.2) is 65.3 Å². The summed E-state index contributed by atoms with van der Waals surface area (Å²) in [5, 5.41) is 12.2. The van der Waals surface area contributed by atoms with Gasteiger partial charge in [-0.15, -0.1) is 0 Å². The van der Waals surface area contributed by atoms with Crippen molar-refractivity contribution in [3.8, 4) is 11.1 Å². The first-order valence-electron chi connectivity index (χ1n) is 10.3. The molecule has 1 aromatic heterocycles. The summed E-state index contributed by atoms with van der Waals surface area (Å²) in [6.45, 7) is 2.69. The molecule has 2 N–H and O–H groups in total. The summed E-state index contributed by atoms with van der Waals surface area (Å²) in [6, 6.07) is 16.0. The quantitative estimate of drug-likeness (QED) is 0.429. The molecule has 0 aliphatic carbocycles. The minimum Gasteiger partial charge on any atom is -0.480 e. The SMILES string of the molecule is CSCC[C@H](NC(=O)c1ccc(COCc2ccco2)cc1-c1ccccc1C)C(=O)O. The zero-order valence-corrected chi connectivity index (χ0v) is 19.0. The molecular weight excluding hydrogens is 426 g/mol. The molecule has 0 saturated heterocycles. The van der Waals surface area contributed by atoms with E-state index >= 15 is 0 Å². The van der Waals surface area contributed by atoms with Crippen LogP contribution in [0.5, 0.6) is 0 Å². The predicted octanol–water partition coefficient (Wildman–Crippen LogP) is 4.91. The number of hydrogen-bond acceptors (Lipinski definition) is 5. The molecule has 2 aromatic carbocycles. The lowest BCUT2D eigenvalue weighted by molar-refractivity contribution is -0.139. The minimum absolute atomic E-state index is 0.352. The molecule has 32 heavy (non-hydrogen) atoms. The third-order valence-corrected chi connectivity index (χ3v) is 5.72. The highest BCUT2D eigenvalue weighted by Crippen LogP contribution is 2.28. The molecule has 1 atom stereocenters. The van der Waals surface area contributed by atoms with Crippen LogP contribution in [0.1, 0.15) is 33.7 Å². The molecule has 0 spiro atoms. The fourth-order valence-corrected chi connectivity index (χ4v) is 3.84. The Morgan fingerprint density at radius 2 is 1.91 bits per heavy atom. The van der Waals surface area contributed by atoms with Crippen molar-refractivity contribution in [2.24, 2.45) is 0 Å². The molecule has 0 radical (unpaired) electrons. The highest BCUT2D eigenvalue weighted by Gasteiger charge is 2.22. The number of amides is 1. The average molecular weight is 454 g/mol. The standard InChI is InChI=1S/C25H27NO5S/c1-17-6-3-4-8-20(17)22-14-18(15-30-16-19-7-5-12-31-19)9-10-21(22)24(27)26-23(25(28)29)11-13-32-2/h3-10,12,14,23H,11,13,15-16H2,1-2H3,(H,26,27)(H,28,29)/t23-/m0/s1. The number of carbonyl (C=O) groups is 2. The largest absolute Gasteiger partial charge is 0.480 e. The summed E-state index contributed by atoms with van der Waals surface area (Å²) < 4.78 is 11.0. The van der Waals surface area contributed by atoms with Crippen LogP contribution in [0, 0.1) is 6.92 Å². The van der Waals surface area contributed by atoms with Gasteiger partial charge in [0.15, 0.2) is 0 Å². The molecule has 6 nitrogen and oxygen atoms in total. The van der Waals surface area contributed by atoms with Crippen LogP contribution >= 0.6 is 11.8 Å². The maximum atomic E-state index is 13.1. The number of nitrogens with one attached hydrogen (secondary N) is 1. The zero-order chi connectivity index (χ0) is 22.9. The molecule has 7 heteroatoms. The summed E-state index contributed by atoms with van der Waals surface area (Å²) in [6.07, 6.45) is 3.87. The maximum absolute atomic E-state index is 13.1. The molecule has 168 valence electrons. The van der Waals surface area contributed by atoms with Crippen molar-refractivity contribution in [1.29, 1.82) is 0 Å². The molecule has 0 fully saturated rings. The molecule has 0 bridgehead atoms. The fraction of sp³-hybridized carbons (Fsp3) is 0.280. The number of furan rings is 1. The van der Waals surface area contributed by atoms with Crippen molar-refractivity contribution < 1.29 is 23.8 Å². The van der Waals surface area contributed by atoms with E-state index in [1.807, 2.05) is 61.7 Å². The number of hydrogen-bond donors (Lipinski definition) is 2. The monoisotopic (exact) mass is 453 g/mol. The van der Waals surface area contributed by atoms with Gasteiger partial charge in [0.05, 0.1) is 12.9 Å². The second-order valence-corrected chi connectivity index (χ2v) is 8.40. The molecule has 0 saturated carbocycles. The molecule has 1 heterocycles. The van der Waals surface area contributed by atoms with E-state index in [1.165, 1.54) is 0 Å². The van der Waals surface area contributed by atoms with Gasteiger partial charge < -0.3 is 19.6 Å². The number of carboxylic acid groups (broad SMARTS) is 1. The smallest absolute Gasteiger partial charge is 0.326 e. The highest BCUT2D eigenvalue weighted by molar-refractivity contribution is 7.98. The van der Waals surface area contributed by atoms with E-state index in [1.54, 1.807) is 24.1 Å². The van der Waals surface area contributed by atoms with Gasteiger partial charge in [0.2, 0.25) is 0 Å². The summed E-state index contributed by atoms with van der Waals surface area (Å²) in [5.41, 5.74) is 4.02. The second kappa shape index (κ2) is 11.5. The van der Waals surface area contributed by atoms with Crippen molar-refractivity contribution in [2.45, 2.75) is 32.6 Å². The van der Waals surface area contributed by atoms with E-state index in [4.69, 9.17) is 9.15 Å². The number of benzene rings is 2. The molecule has 0 aliphatic rings. The van der Waals surface area contributed by atoms with Crippen LogP contribution in [-0.4, -0.2) is 35.0 Å². The van der Waals surface area contributed by atoms with Gasteiger partial charge in [0, 0.05) is 5.56 Å².